The molecule has 0 saturated heterocycles. The molecule has 0 unspecified atom stereocenters. The Balaban J connectivity index is 2.46. The van der Waals surface area contributed by atoms with Gasteiger partial charge in [-0.05, 0) is 28.9 Å². The van der Waals surface area contributed by atoms with E-state index in [1.165, 1.54) is 0 Å². The van der Waals surface area contributed by atoms with Crippen LogP contribution >= 0.6 is 15.9 Å². The van der Waals surface area contributed by atoms with Crippen molar-refractivity contribution in [3.8, 4) is 0 Å². The molecule has 72 valence electrons. The summed E-state index contributed by atoms with van der Waals surface area (Å²) in [5, 5.41) is 2.91. The largest absolute Gasteiger partial charge is 0.457 e. The molecule has 0 aliphatic carbocycles. The van der Waals surface area contributed by atoms with Crippen molar-refractivity contribution >= 4 is 21.9 Å². The number of furan rings is 1. The third-order valence-electron chi connectivity index (χ3n) is 1.41. The molecule has 4 nitrogen and oxygen atoms in total. The van der Waals surface area contributed by atoms with Crippen LogP contribution in [0.4, 0.5) is 0 Å². The normalized spacial score (nSPS) is 11.7. The van der Waals surface area contributed by atoms with Gasteiger partial charge in [0.1, 0.15) is 0 Å². The lowest BCUT2D eigenvalue weighted by molar-refractivity contribution is 0.538. The van der Waals surface area contributed by atoms with Gasteiger partial charge in [0.2, 0.25) is 0 Å². The van der Waals surface area contributed by atoms with E-state index in [0.717, 1.165) is 12.1 Å². The summed E-state index contributed by atoms with van der Waals surface area (Å²) < 4.78 is 5.75. The molecule has 0 spiro atoms. The zero-order valence-corrected chi connectivity index (χ0v) is 8.97. The van der Waals surface area contributed by atoms with E-state index >= 15 is 0 Å². The molecule has 1 heterocycles. The van der Waals surface area contributed by atoms with E-state index in [-0.39, 0.29) is 0 Å². The highest BCUT2D eigenvalue weighted by Crippen LogP contribution is 2.14. The molecule has 0 aliphatic rings. The summed E-state index contributed by atoms with van der Waals surface area (Å²) in [6, 6.07) is 1.86. The van der Waals surface area contributed by atoms with Gasteiger partial charge in [0.25, 0.3) is 0 Å². The van der Waals surface area contributed by atoms with E-state index in [0.29, 0.717) is 17.2 Å². The minimum Gasteiger partial charge on any atom is -0.457 e. The molecule has 0 aliphatic heterocycles. The highest BCUT2D eigenvalue weighted by atomic mass is 79.9. The summed E-state index contributed by atoms with van der Waals surface area (Å²) >= 11 is 3.21. The van der Waals surface area contributed by atoms with Crippen LogP contribution in [0.1, 0.15) is 12.5 Å². The number of nitrogens with zero attached hydrogens (tertiary/aromatic N) is 1. The predicted octanol–water partition coefficient (Wildman–Crippen LogP) is 1.47. The molecule has 5 heteroatoms. The van der Waals surface area contributed by atoms with Crippen molar-refractivity contribution in [2.45, 2.75) is 13.5 Å². The first kappa shape index (κ1) is 10.1. The minimum absolute atomic E-state index is 0.458. The maximum absolute atomic E-state index is 5.54. The average molecular weight is 246 g/mol. The van der Waals surface area contributed by atoms with Crippen molar-refractivity contribution < 1.29 is 4.42 Å². The molecule has 0 aromatic carbocycles. The lowest BCUT2D eigenvalue weighted by Crippen LogP contribution is -2.31. The smallest absolute Gasteiger partial charge is 0.188 e. The van der Waals surface area contributed by atoms with Gasteiger partial charge in [-0.25, -0.2) is 4.99 Å². The van der Waals surface area contributed by atoms with Gasteiger partial charge in [0.05, 0.1) is 12.8 Å². The highest BCUT2D eigenvalue weighted by molar-refractivity contribution is 9.10. The lowest BCUT2D eigenvalue weighted by Gasteiger charge is -1.99. The third-order valence-corrected chi connectivity index (χ3v) is 1.83. The standard InChI is InChI=1S/C8H12BrN3O/c1-2-11-8(10)12-4-6-3-7(9)13-5-6/h3,5H,2,4H2,1H3,(H3,10,11,12). The number of rotatable bonds is 3. The van der Waals surface area contributed by atoms with Gasteiger partial charge in [-0.2, -0.15) is 0 Å². The van der Waals surface area contributed by atoms with E-state index in [9.17, 15) is 0 Å². The number of halogens is 1. The lowest BCUT2D eigenvalue weighted by atomic mass is 10.3. The molecule has 1 rings (SSSR count). The molecule has 0 fully saturated rings. The number of aliphatic imine (C=N–C) groups is 1. The summed E-state index contributed by atoms with van der Waals surface area (Å²) in [6.07, 6.45) is 1.65. The number of nitrogens with one attached hydrogen (secondary N) is 1. The van der Waals surface area contributed by atoms with Crippen LogP contribution in [-0.4, -0.2) is 12.5 Å². The summed E-state index contributed by atoms with van der Waals surface area (Å²) in [6.45, 7) is 3.29. The van der Waals surface area contributed by atoms with Crippen LogP contribution in [0.5, 0.6) is 0 Å². The number of nitrogens with two attached hydrogens (primary N) is 1. The van der Waals surface area contributed by atoms with Gasteiger partial charge in [-0.3, -0.25) is 0 Å². The van der Waals surface area contributed by atoms with Crippen LogP contribution in [-0.2, 0) is 6.54 Å². The van der Waals surface area contributed by atoms with Crippen molar-refractivity contribution in [1.82, 2.24) is 5.32 Å². The maximum atomic E-state index is 5.54. The zero-order valence-electron chi connectivity index (χ0n) is 7.38. The van der Waals surface area contributed by atoms with Crippen LogP contribution in [0.15, 0.2) is 26.4 Å². The van der Waals surface area contributed by atoms with Crippen molar-refractivity contribution in [2.24, 2.45) is 10.7 Å². The second kappa shape index (κ2) is 4.91. The average Bonchev–Trinajstić information content (AvgIpc) is 2.49. The Bertz CT molecular complexity index is 295. The summed E-state index contributed by atoms with van der Waals surface area (Å²) in [4.78, 5) is 4.10. The first-order valence-electron chi connectivity index (χ1n) is 3.99. The molecule has 0 saturated carbocycles. The molecular formula is C8H12BrN3O. The van der Waals surface area contributed by atoms with Crippen molar-refractivity contribution in [1.29, 1.82) is 0 Å². The second-order valence-corrected chi connectivity index (χ2v) is 3.27. The monoisotopic (exact) mass is 245 g/mol. The molecule has 0 atom stereocenters. The van der Waals surface area contributed by atoms with Gasteiger partial charge >= 0.3 is 0 Å². The van der Waals surface area contributed by atoms with Gasteiger partial charge < -0.3 is 15.5 Å². The fourth-order valence-electron chi connectivity index (χ4n) is 0.842. The number of hydrogen-bond acceptors (Lipinski definition) is 2. The molecule has 1 aromatic rings. The number of guanidine groups is 1. The molecule has 3 N–H and O–H groups in total. The SMILES string of the molecule is CCNC(N)=NCc1coc(Br)c1. The molecule has 0 radical (unpaired) electrons. The van der Waals surface area contributed by atoms with E-state index < -0.39 is 0 Å². The van der Waals surface area contributed by atoms with E-state index in [1.54, 1.807) is 6.26 Å². The molecule has 13 heavy (non-hydrogen) atoms. The Hall–Kier alpha value is -0.970. The molecule has 0 amide bonds. The van der Waals surface area contributed by atoms with Crippen molar-refractivity contribution in [2.75, 3.05) is 6.54 Å². The summed E-state index contributed by atoms with van der Waals surface area (Å²) in [5.74, 6) is 0.458. The van der Waals surface area contributed by atoms with Crippen LogP contribution in [0.2, 0.25) is 0 Å². The van der Waals surface area contributed by atoms with Gasteiger partial charge in [-0.1, -0.05) is 0 Å². The molecular weight excluding hydrogens is 234 g/mol. The first-order valence-corrected chi connectivity index (χ1v) is 4.78. The van der Waals surface area contributed by atoms with Gasteiger partial charge in [-0.15, -0.1) is 0 Å². The maximum Gasteiger partial charge on any atom is 0.188 e. The third kappa shape index (κ3) is 3.50. The molecule has 1 aromatic heterocycles. The quantitative estimate of drug-likeness (QED) is 0.627. The summed E-state index contributed by atoms with van der Waals surface area (Å²) in [5.41, 5.74) is 6.53. The van der Waals surface area contributed by atoms with Crippen LogP contribution in [0.25, 0.3) is 0 Å². The van der Waals surface area contributed by atoms with E-state index in [4.69, 9.17) is 10.2 Å². The Morgan fingerprint density at radius 1 is 1.77 bits per heavy atom. The Kier molecular flexibility index (Phi) is 3.82. The van der Waals surface area contributed by atoms with Gasteiger partial charge in [0, 0.05) is 12.1 Å². The van der Waals surface area contributed by atoms with E-state index in [1.807, 2.05) is 13.0 Å². The fraction of sp³-hybridized carbons (Fsp3) is 0.375. The minimum atomic E-state index is 0.458. The predicted molar refractivity (Wildman–Crippen MR) is 55.4 cm³/mol. The fourth-order valence-corrected chi connectivity index (χ4v) is 1.23. The van der Waals surface area contributed by atoms with Crippen molar-refractivity contribution in [3.05, 3.63) is 22.6 Å². The van der Waals surface area contributed by atoms with Crippen LogP contribution < -0.4 is 11.1 Å². The molecule has 0 bridgehead atoms. The Morgan fingerprint density at radius 2 is 2.54 bits per heavy atom. The van der Waals surface area contributed by atoms with E-state index in [2.05, 4.69) is 26.2 Å². The summed E-state index contributed by atoms with van der Waals surface area (Å²) in [7, 11) is 0. The van der Waals surface area contributed by atoms with Crippen molar-refractivity contribution in [3.63, 3.8) is 0 Å². The first-order chi connectivity index (χ1) is 6.22. The zero-order chi connectivity index (χ0) is 9.68. The van der Waals surface area contributed by atoms with Crippen LogP contribution in [0, 0.1) is 0 Å². The van der Waals surface area contributed by atoms with Crippen LogP contribution in [0.3, 0.4) is 0 Å². The number of hydrogen-bond donors (Lipinski definition) is 2. The second-order valence-electron chi connectivity index (χ2n) is 2.49. The van der Waals surface area contributed by atoms with Gasteiger partial charge in [0.15, 0.2) is 10.6 Å². The Morgan fingerprint density at radius 3 is 3.08 bits per heavy atom. The Labute approximate surface area is 85.3 Å². The topological polar surface area (TPSA) is 63.5 Å². The highest BCUT2D eigenvalue weighted by Gasteiger charge is 1.97.